The molecule has 0 aromatic carbocycles. The zero-order valence-electron chi connectivity index (χ0n) is 13.2. The Bertz CT molecular complexity index is 441. The molecule has 6 heteroatoms. The highest BCUT2D eigenvalue weighted by molar-refractivity contribution is 4.99. The number of likely N-dealkylation sites (tertiary alicyclic amines) is 1. The molecule has 0 spiro atoms. The van der Waals surface area contributed by atoms with Gasteiger partial charge in [0.15, 0.2) is 5.82 Å². The van der Waals surface area contributed by atoms with E-state index in [9.17, 15) is 0 Å². The van der Waals surface area contributed by atoms with Crippen LogP contribution in [0.15, 0.2) is 4.52 Å². The number of hydrogen-bond donors (Lipinski definition) is 1. The summed E-state index contributed by atoms with van der Waals surface area (Å²) >= 11 is 0. The maximum Gasteiger partial charge on any atom is 0.244 e. The molecular weight excluding hydrogens is 266 g/mol. The molecule has 1 aromatic heterocycles. The van der Waals surface area contributed by atoms with Crippen LogP contribution in [-0.2, 0) is 6.42 Å². The van der Waals surface area contributed by atoms with Crippen LogP contribution < -0.4 is 5.32 Å². The largest absolute Gasteiger partial charge is 0.338 e. The first-order chi connectivity index (χ1) is 10.2. The topological polar surface area (TPSA) is 57.4 Å². The van der Waals surface area contributed by atoms with Crippen LogP contribution in [-0.4, -0.2) is 66.3 Å². The number of nitrogens with one attached hydrogen (secondary N) is 1. The lowest BCUT2D eigenvalue weighted by atomic mass is 10.0. The second kappa shape index (κ2) is 6.85. The number of hydrogen-bond acceptors (Lipinski definition) is 6. The first kappa shape index (κ1) is 14.9. The molecule has 2 aliphatic rings. The van der Waals surface area contributed by atoms with Crippen LogP contribution >= 0.6 is 0 Å². The molecule has 1 aromatic rings. The fourth-order valence-electron chi connectivity index (χ4n) is 3.46. The SMILES string of the molecule is CN(C)CCc1noc(C2CCCN2C2CCNCC2)n1. The third kappa shape index (κ3) is 3.62. The number of likely N-dealkylation sites (N-methyl/N-ethyl adjacent to an activating group) is 1. The maximum absolute atomic E-state index is 5.57. The summed E-state index contributed by atoms with van der Waals surface area (Å²) in [5, 5.41) is 7.60. The summed E-state index contributed by atoms with van der Waals surface area (Å²) in [5.41, 5.74) is 0. The molecule has 0 saturated carbocycles. The third-order valence-electron chi connectivity index (χ3n) is 4.62. The van der Waals surface area contributed by atoms with Crippen molar-refractivity contribution in [2.75, 3.05) is 40.3 Å². The standard InChI is InChI=1S/C15H27N5O/c1-19(2)11-7-14-17-15(21-18-14)13-4-3-10-20(13)12-5-8-16-9-6-12/h12-13,16H,3-11H2,1-2H3. The van der Waals surface area contributed by atoms with Gasteiger partial charge in [0.25, 0.3) is 0 Å². The Morgan fingerprint density at radius 2 is 2.10 bits per heavy atom. The van der Waals surface area contributed by atoms with E-state index in [0.29, 0.717) is 12.1 Å². The zero-order valence-corrected chi connectivity index (χ0v) is 13.2. The quantitative estimate of drug-likeness (QED) is 0.876. The minimum Gasteiger partial charge on any atom is -0.338 e. The Kier molecular flexibility index (Phi) is 4.87. The molecule has 2 aliphatic heterocycles. The Labute approximate surface area is 126 Å². The van der Waals surface area contributed by atoms with Crippen LogP contribution in [0.3, 0.4) is 0 Å². The summed E-state index contributed by atoms with van der Waals surface area (Å²) < 4.78 is 5.57. The third-order valence-corrected chi connectivity index (χ3v) is 4.62. The normalized spacial score (nSPS) is 25.0. The van der Waals surface area contributed by atoms with Crippen molar-refractivity contribution in [3.63, 3.8) is 0 Å². The molecule has 2 fully saturated rings. The molecule has 6 nitrogen and oxygen atoms in total. The Balaban J connectivity index is 1.64. The maximum atomic E-state index is 5.57. The van der Waals surface area contributed by atoms with Gasteiger partial charge in [0, 0.05) is 19.0 Å². The summed E-state index contributed by atoms with van der Waals surface area (Å²) in [6, 6.07) is 1.02. The Morgan fingerprint density at radius 1 is 1.29 bits per heavy atom. The highest BCUT2D eigenvalue weighted by Gasteiger charge is 2.35. The van der Waals surface area contributed by atoms with Gasteiger partial charge in [-0.25, -0.2) is 0 Å². The predicted octanol–water partition coefficient (Wildman–Crippen LogP) is 1.06. The van der Waals surface area contributed by atoms with Crippen LogP contribution in [0.25, 0.3) is 0 Å². The van der Waals surface area contributed by atoms with E-state index >= 15 is 0 Å². The van der Waals surface area contributed by atoms with Crippen molar-refractivity contribution < 1.29 is 4.52 Å². The van der Waals surface area contributed by atoms with Gasteiger partial charge < -0.3 is 14.7 Å². The molecule has 2 saturated heterocycles. The summed E-state index contributed by atoms with van der Waals surface area (Å²) in [6.45, 7) is 4.39. The molecule has 118 valence electrons. The van der Waals surface area contributed by atoms with E-state index in [1.165, 1.54) is 25.8 Å². The predicted molar refractivity (Wildman–Crippen MR) is 81.1 cm³/mol. The van der Waals surface area contributed by atoms with Gasteiger partial charge in [-0.1, -0.05) is 5.16 Å². The fraction of sp³-hybridized carbons (Fsp3) is 0.867. The zero-order chi connectivity index (χ0) is 14.7. The van der Waals surface area contributed by atoms with E-state index < -0.39 is 0 Å². The highest BCUT2D eigenvalue weighted by Crippen LogP contribution is 2.34. The van der Waals surface area contributed by atoms with Crippen LogP contribution in [0.5, 0.6) is 0 Å². The first-order valence-corrected chi connectivity index (χ1v) is 8.17. The second-order valence-electron chi connectivity index (χ2n) is 6.48. The average Bonchev–Trinajstić information content (AvgIpc) is 3.14. The molecule has 1 N–H and O–H groups in total. The van der Waals surface area contributed by atoms with E-state index in [2.05, 4.69) is 39.4 Å². The van der Waals surface area contributed by atoms with Gasteiger partial charge in [-0.15, -0.1) is 0 Å². The number of nitrogens with zero attached hydrogens (tertiary/aromatic N) is 4. The summed E-state index contributed by atoms with van der Waals surface area (Å²) in [6.07, 6.45) is 5.72. The molecule has 0 radical (unpaired) electrons. The lowest BCUT2D eigenvalue weighted by Crippen LogP contribution is -2.42. The smallest absolute Gasteiger partial charge is 0.244 e. The van der Waals surface area contributed by atoms with Crippen molar-refractivity contribution in [2.24, 2.45) is 0 Å². The average molecular weight is 293 g/mol. The van der Waals surface area contributed by atoms with Crippen LogP contribution in [0.1, 0.15) is 43.4 Å². The highest BCUT2D eigenvalue weighted by atomic mass is 16.5. The first-order valence-electron chi connectivity index (χ1n) is 8.17. The minimum atomic E-state index is 0.341. The molecule has 0 bridgehead atoms. The van der Waals surface area contributed by atoms with E-state index in [-0.39, 0.29) is 0 Å². The Morgan fingerprint density at radius 3 is 2.86 bits per heavy atom. The molecular formula is C15H27N5O. The number of aromatic nitrogens is 2. The fourth-order valence-corrected chi connectivity index (χ4v) is 3.46. The monoisotopic (exact) mass is 293 g/mol. The van der Waals surface area contributed by atoms with Crippen LogP contribution in [0, 0.1) is 0 Å². The molecule has 21 heavy (non-hydrogen) atoms. The van der Waals surface area contributed by atoms with Crippen molar-refractivity contribution in [1.29, 1.82) is 0 Å². The van der Waals surface area contributed by atoms with Crippen molar-refractivity contribution in [2.45, 2.75) is 44.2 Å². The van der Waals surface area contributed by atoms with Gasteiger partial charge in [-0.3, -0.25) is 4.90 Å². The lowest BCUT2D eigenvalue weighted by Gasteiger charge is -2.34. The molecule has 0 aliphatic carbocycles. The van der Waals surface area contributed by atoms with Crippen molar-refractivity contribution >= 4 is 0 Å². The molecule has 3 rings (SSSR count). The van der Waals surface area contributed by atoms with Crippen LogP contribution in [0.2, 0.25) is 0 Å². The molecule has 1 atom stereocenters. The van der Waals surface area contributed by atoms with Crippen molar-refractivity contribution in [3.8, 4) is 0 Å². The molecule has 3 heterocycles. The van der Waals surface area contributed by atoms with E-state index in [1.54, 1.807) is 0 Å². The van der Waals surface area contributed by atoms with Gasteiger partial charge in [0.05, 0.1) is 6.04 Å². The van der Waals surface area contributed by atoms with Crippen LogP contribution in [0.4, 0.5) is 0 Å². The Hall–Kier alpha value is -0.980. The number of rotatable bonds is 5. The van der Waals surface area contributed by atoms with Gasteiger partial charge in [-0.05, 0) is 59.4 Å². The van der Waals surface area contributed by atoms with E-state index in [4.69, 9.17) is 4.52 Å². The molecule has 1 unspecified atom stereocenters. The second-order valence-corrected chi connectivity index (χ2v) is 6.48. The van der Waals surface area contributed by atoms with Gasteiger partial charge in [0.2, 0.25) is 5.89 Å². The van der Waals surface area contributed by atoms with Gasteiger partial charge in [-0.2, -0.15) is 4.98 Å². The minimum absolute atomic E-state index is 0.341. The number of piperidine rings is 1. The van der Waals surface area contributed by atoms with Gasteiger partial charge in [0.1, 0.15) is 0 Å². The molecule has 0 amide bonds. The van der Waals surface area contributed by atoms with Crippen molar-refractivity contribution in [1.82, 2.24) is 25.3 Å². The lowest BCUT2D eigenvalue weighted by molar-refractivity contribution is 0.126. The summed E-state index contributed by atoms with van der Waals surface area (Å²) in [5.74, 6) is 1.68. The van der Waals surface area contributed by atoms with E-state index in [0.717, 1.165) is 44.2 Å². The summed E-state index contributed by atoms with van der Waals surface area (Å²) in [4.78, 5) is 9.39. The van der Waals surface area contributed by atoms with E-state index in [1.807, 2.05) is 0 Å². The van der Waals surface area contributed by atoms with Gasteiger partial charge >= 0.3 is 0 Å². The van der Waals surface area contributed by atoms with Crippen molar-refractivity contribution in [3.05, 3.63) is 11.7 Å². The summed E-state index contributed by atoms with van der Waals surface area (Å²) in [7, 11) is 4.13.